The maximum atomic E-state index is 13.1. The zero-order valence-corrected chi connectivity index (χ0v) is 16.2. The predicted octanol–water partition coefficient (Wildman–Crippen LogP) is 3.94. The van der Waals surface area contributed by atoms with E-state index in [1.165, 1.54) is 5.56 Å². The van der Waals surface area contributed by atoms with Crippen LogP contribution in [0.3, 0.4) is 0 Å². The van der Waals surface area contributed by atoms with Gasteiger partial charge in [0.1, 0.15) is 22.8 Å². The maximum absolute atomic E-state index is 13.1. The zero-order chi connectivity index (χ0) is 19.2. The molecule has 0 spiro atoms. The molecule has 5 nitrogen and oxygen atoms in total. The van der Waals surface area contributed by atoms with Crippen LogP contribution < -0.4 is 14.2 Å². The highest BCUT2D eigenvalue weighted by Crippen LogP contribution is 2.31. The number of carbonyl (C=O) groups is 1. The van der Waals surface area contributed by atoms with Gasteiger partial charge in [0.2, 0.25) is 0 Å². The number of likely N-dealkylation sites (tertiary alicyclic amines) is 1. The van der Waals surface area contributed by atoms with Crippen LogP contribution in [0.15, 0.2) is 42.5 Å². The van der Waals surface area contributed by atoms with Crippen LogP contribution in [0, 0.1) is 12.8 Å². The molecule has 2 aromatic rings. The Labute approximate surface area is 160 Å². The van der Waals surface area contributed by atoms with Crippen LogP contribution in [0.1, 0.15) is 28.8 Å². The van der Waals surface area contributed by atoms with E-state index in [0.717, 1.165) is 25.1 Å². The van der Waals surface area contributed by atoms with E-state index in [1.807, 2.05) is 29.2 Å². The third-order valence-corrected chi connectivity index (χ3v) is 4.92. The van der Waals surface area contributed by atoms with Crippen LogP contribution in [0.4, 0.5) is 0 Å². The molecular weight excluding hydrogens is 342 g/mol. The quantitative estimate of drug-likeness (QED) is 0.774. The number of carbonyl (C=O) groups excluding carboxylic acids is 1. The minimum Gasteiger partial charge on any atom is -0.496 e. The lowest BCUT2D eigenvalue weighted by atomic mass is 9.98. The van der Waals surface area contributed by atoms with E-state index in [2.05, 4.69) is 13.0 Å². The molecule has 1 saturated heterocycles. The van der Waals surface area contributed by atoms with Crippen molar-refractivity contribution in [2.45, 2.75) is 19.8 Å². The van der Waals surface area contributed by atoms with Gasteiger partial charge in [0.25, 0.3) is 5.91 Å². The zero-order valence-electron chi connectivity index (χ0n) is 16.2. The van der Waals surface area contributed by atoms with Crippen molar-refractivity contribution < 1.29 is 19.0 Å². The Bertz CT molecular complexity index is 767. The summed E-state index contributed by atoms with van der Waals surface area (Å²) in [5.41, 5.74) is 1.67. The molecule has 1 aliphatic heterocycles. The fourth-order valence-electron chi connectivity index (χ4n) is 3.52. The van der Waals surface area contributed by atoms with Crippen molar-refractivity contribution in [1.82, 2.24) is 4.90 Å². The van der Waals surface area contributed by atoms with E-state index in [1.54, 1.807) is 26.4 Å². The van der Waals surface area contributed by atoms with Crippen molar-refractivity contribution in [3.8, 4) is 17.2 Å². The van der Waals surface area contributed by atoms with Crippen LogP contribution in [0.25, 0.3) is 0 Å². The number of piperidine rings is 1. The average molecular weight is 369 g/mol. The molecule has 1 heterocycles. The molecule has 0 radical (unpaired) electrons. The Morgan fingerprint density at radius 3 is 2.48 bits per heavy atom. The van der Waals surface area contributed by atoms with Crippen molar-refractivity contribution in [2.75, 3.05) is 33.9 Å². The number of methoxy groups -OCH3 is 2. The number of hydrogen-bond acceptors (Lipinski definition) is 4. The van der Waals surface area contributed by atoms with Gasteiger partial charge in [0.15, 0.2) is 0 Å². The summed E-state index contributed by atoms with van der Waals surface area (Å²) in [4.78, 5) is 15.0. The van der Waals surface area contributed by atoms with Gasteiger partial charge in [-0.3, -0.25) is 4.79 Å². The molecule has 1 aliphatic rings. The van der Waals surface area contributed by atoms with Gasteiger partial charge in [-0.2, -0.15) is 0 Å². The van der Waals surface area contributed by atoms with E-state index < -0.39 is 0 Å². The lowest BCUT2D eigenvalue weighted by molar-refractivity contribution is 0.0627. The number of nitrogens with zero attached hydrogens (tertiary/aromatic N) is 1. The van der Waals surface area contributed by atoms with Crippen LogP contribution in [0.5, 0.6) is 17.2 Å². The first-order valence-electron chi connectivity index (χ1n) is 9.32. The number of rotatable bonds is 6. The monoisotopic (exact) mass is 369 g/mol. The van der Waals surface area contributed by atoms with Crippen LogP contribution in [-0.4, -0.2) is 44.7 Å². The number of ether oxygens (including phenoxy) is 3. The average Bonchev–Trinajstić information content (AvgIpc) is 2.71. The summed E-state index contributed by atoms with van der Waals surface area (Å²) in [6, 6.07) is 13.5. The third-order valence-electron chi connectivity index (χ3n) is 4.92. The molecule has 27 heavy (non-hydrogen) atoms. The number of amides is 1. The summed E-state index contributed by atoms with van der Waals surface area (Å²) < 4.78 is 16.7. The summed E-state index contributed by atoms with van der Waals surface area (Å²) in [5, 5.41) is 0. The topological polar surface area (TPSA) is 48.0 Å². The second kappa shape index (κ2) is 8.80. The largest absolute Gasteiger partial charge is 0.496 e. The van der Waals surface area contributed by atoms with Gasteiger partial charge >= 0.3 is 0 Å². The summed E-state index contributed by atoms with van der Waals surface area (Å²) in [6.07, 6.45) is 2.02. The van der Waals surface area contributed by atoms with Crippen LogP contribution in [-0.2, 0) is 0 Å². The maximum Gasteiger partial charge on any atom is 0.261 e. The Morgan fingerprint density at radius 1 is 1.11 bits per heavy atom. The molecule has 1 atom stereocenters. The molecule has 0 N–H and O–H groups in total. The highest BCUT2D eigenvalue weighted by molar-refractivity contribution is 5.99. The molecule has 0 bridgehead atoms. The lowest BCUT2D eigenvalue weighted by Crippen LogP contribution is -2.41. The molecule has 1 fully saturated rings. The van der Waals surface area contributed by atoms with E-state index in [4.69, 9.17) is 14.2 Å². The van der Waals surface area contributed by atoms with Crippen molar-refractivity contribution in [3.63, 3.8) is 0 Å². The van der Waals surface area contributed by atoms with E-state index in [-0.39, 0.29) is 5.91 Å². The minimum atomic E-state index is -0.0513. The standard InChI is InChI=1S/C22H27NO4/c1-16-7-4-9-18(13-16)27-15-17-8-6-12-23(14-17)22(24)21-19(25-2)10-5-11-20(21)26-3/h4-5,7,9-11,13,17H,6,8,12,14-15H2,1-3H3. The molecule has 144 valence electrons. The van der Waals surface area contributed by atoms with Crippen molar-refractivity contribution in [3.05, 3.63) is 53.6 Å². The van der Waals surface area contributed by atoms with Gasteiger partial charge in [-0.25, -0.2) is 0 Å². The number of benzene rings is 2. The smallest absolute Gasteiger partial charge is 0.261 e. The fourth-order valence-corrected chi connectivity index (χ4v) is 3.52. The first-order chi connectivity index (χ1) is 13.1. The minimum absolute atomic E-state index is 0.0513. The summed E-state index contributed by atoms with van der Waals surface area (Å²) in [7, 11) is 3.14. The highest BCUT2D eigenvalue weighted by atomic mass is 16.5. The molecular formula is C22H27NO4. The Kier molecular flexibility index (Phi) is 6.22. The van der Waals surface area contributed by atoms with Crippen molar-refractivity contribution in [1.29, 1.82) is 0 Å². The third kappa shape index (κ3) is 4.54. The van der Waals surface area contributed by atoms with Crippen molar-refractivity contribution >= 4 is 5.91 Å². The second-order valence-electron chi connectivity index (χ2n) is 6.92. The fraction of sp³-hybridized carbons (Fsp3) is 0.409. The van der Waals surface area contributed by atoms with Gasteiger partial charge in [0, 0.05) is 19.0 Å². The molecule has 0 saturated carbocycles. The van der Waals surface area contributed by atoms with Gasteiger partial charge < -0.3 is 19.1 Å². The lowest BCUT2D eigenvalue weighted by Gasteiger charge is -2.33. The Morgan fingerprint density at radius 2 is 1.81 bits per heavy atom. The molecule has 0 aliphatic carbocycles. The summed E-state index contributed by atoms with van der Waals surface area (Å²) >= 11 is 0. The predicted molar refractivity (Wildman–Crippen MR) is 105 cm³/mol. The van der Waals surface area contributed by atoms with E-state index in [9.17, 15) is 4.79 Å². The number of aryl methyl sites for hydroxylation is 1. The highest BCUT2D eigenvalue weighted by Gasteiger charge is 2.28. The van der Waals surface area contributed by atoms with Crippen LogP contribution in [0.2, 0.25) is 0 Å². The van der Waals surface area contributed by atoms with E-state index >= 15 is 0 Å². The molecule has 0 aromatic heterocycles. The summed E-state index contributed by atoms with van der Waals surface area (Å²) in [6.45, 7) is 4.07. The second-order valence-corrected chi connectivity index (χ2v) is 6.92. The molecule has 5 heteroatoms. The molecule has 1 unspecified atom stereocenters. The van der Waals surface area contributed by atoms with Crippen LogP contribution >= 0.6 is 0 Å². The molecule has 3 rings (SSSR count). The Balaban J connectivity index is 1.68. The first kappa shape index (κ1) is 19.1. The Hall–Kier alpha value is -2.69. The molecule has 1 amide bonds. The van der Waals surface area contributed by atoms with Gasteiger partial charge in [-0.1, -0.05) is 18.2 Å². The van der Waals surface area contributed by atoms with Gasteiger partial charge in [-0.05, 0) is 49.6 Å². The van der Waals surface area contributed by atoms with Crippen molar-refractivity contribution in [2.24, 2.45) is 5.92 Å². The summed E-state index contributed by atoms with van der Waals surface area (Å²) in [5.74, 6) is 2.22. The molecule has 2 aromatic carbocycles. The first-order valence-corrected chi connectivity index (χ1v) is 9.32. The normalized spacial score (nSPS) is 16.7. The van der Waals surface area contributed by atoms with Gasteiger partial charge in [0.05, 0.1) is 20.8 Å². The van der Waals surface area contributed by atoms with Gasteiger partial charge in [-0.15, -0.1) is 0 Å². The van der Waals surface area contributed by atoms with E-state index in [0.29, 0.717) is 36.1 Å². The number of hydrogen-bond donors (Lipinski definition) is 0. The SMILES string of the molecule is COc1cccc(OC)c1C(=O)N1CCCC(COc2cccc(C)c2)C1.